The summed E-state index contributed by atoms with van der Waals surface area (Å²) in [6.07, 6.45) is 5.30. The number of allylic oxidation sites excluding steroid dienone is 2. The first kappa shape index (κ1) is 20.1. The van der Waals surface area contributed by atoms with Gasteiger partial charge in [0.05, 0.1) is 24.6 Å². The van der Waals surface area contributed by atoms with Gasteiger partial charge in [0.25, 0.3) is 0 Å². The summed E-state index contributed by atoms with van der Waals surface area (Å²) in [6.45, 7) is -0.341. The second kappa shape index (κ2) is 7.27. The van der Waals surface area contributed by atoms with Gasteiger partial charge in [-0.3, -0.25) is 14.4 Å². The van der Waals surface area contributed by atoms with Crippen LogP contribution in [-0.2, 0) is 9.59 Å². The van der Waals surface area contributed by atoms with Crippen LogP contribution in [0.5, 0.6) is 11.5 Å². The lowest BCUT2D eigenvalue weighted by Crippen LogP contribution is -2.40. The van der Waals surface area contributed by atoms with Crippen molar-refractivity contribution in [1.82, 2.24) is 0 Å². The number of ether oxygens (including phenoxy) is 2. The summed E-state index contributed by atoms with van der Waals surface area (Å²) in [4.78, 5) is 39.8. The van der Waals surface area contributed by atoms with Crippen LogP contribution in [0, 0.1) is 41.3 Å². The maximum atomic E-state index is 14.8. The Morgan fingerprint density at radius 2 is 1.64 bits per heavy atom. The van der Waals surface area contributed by atoms with Crippen molar-refractivity contribution in [1.29, 1.82) is 0 Å². The molecule has 5 unspecified atom stereocenters. The lowest BCUT2D eigenvalue weighted by Gasteiger charge is -2.37. The molecular weight excluding hydrogens is 425 g/mol. The molecule has 2 bridgehead atoms. The SMILES string of the molecule is COc1ccc(C(=O)COc2ccc(N3C(=O)C4C5C=C[C@H](C6CC56)C4C3=O)cc2F)cc1. The lowest BCUT2D eigenvalue weighted by atomic mass is 9.63. The van der Waals surface area contributed by atoms with Crippen molar-refractivity contribution in [3.8, 4) is 11.5 Å². The molecule has 6 nitrogen and oxygen atoms in total. The van der Waals surface area contributed by atoms with E-state index in [2.05, 4.69) is 12.2 Å². The van der Waals surface area contributed by atoms with Gasteiger partial charge in [-0.2, -0.15) is 0 Å². The smallest absolute Gasteiger partial charge is 0.238 e. The summed E-state index contributed by atoms with van der Waals surface area (Å²) < 4.78 is 25.3. The second-order valence-corrected chi connectivity index (χ2v) is 9.22. The maximum absolute atomic E-state index is 14.8. The fourth-order valence-electron chi connectivity index (χ4n) is 5.96. The van der Waals surface area contributed by atoms with Crippen LogP contribution in [0.2, 0.25) is 0 Å². The van der Waals surface area contributed by atoms with Gasteiger partial charge in [0.15, 0.2) is 24.0 Å². The van der Waals surface area contributed by atoms with Crippen molar-refractivity contribution < 1.29 is 28.2 Å². The molecule has 1 saturated heterocycles. The summed E-state index contributed by atoms with van der Waals surface area (Å²) in [7, 11) is 1.53. The molecule has 168 valence electrons. The summed E-state index contributed by atoms with van der Waals surface area (Å²) in [6, 6.07) is 10.5. The fourth-order valence-corrected chi connectivity index (χ4v) is 5.96. The van der Waals surface area contributed by atoms with E-state index in [0.29, 0.717) is 23.1 Å². The first-order valence-electron chi connectivity index (χ1n) is 11.1. The standard InChI is InChI=1S/C26H22FNO5/c1-32-15-5-2-13(3-6-15)21(29)12-33-22-9-4-14(10-20(22)27)28-25(30)23-16-7-8-17(19-11-18(16)19)24(23)26(28)31/h2-10,16-19,23-24H,11-12H2,1H3/t16-,17?,18?,19?,23?,24?/m1/s1. The molecule has 0 spiro atoms. The zero-order chi connectivity index (χ0) is 22.9. The van der Waals surface area contributed by atoms with Gasteiger partial charge in [-0.1, -0.05) is 12.2 Å². The molecule has 6 atom stereocenters. The van der Waals surface area contributed by atoms with Gasteiger partial charge in [0.1, 0.15) is 5.75 Å². The van der Waals surface area contributed by atoms with Crippen LogP contribution in [0.3, 0.4) is 0 Å². The molecule has 2 aromatic carbocycles. The summed E-state index contributed by atoms with van der Waals surface area (Å²) >= 11 is 0. The van der Waals surface area contributed by atoms with Gasteiger partial charge in [0, 0.05) is 11.6 Å². The zero-order valence-corrected chi connectivity index (χ0v) is 17.9. The van der Waals surface area contributed by atoms with Gasteiger partial charge in [-0.05, 0) is 66.5 Å². The first-order chi connectivity index (χ1) is 16.0. The molecule has 33 heavy (non-hydrogen) atoms. The van der Waals surface area contributed by atoms with E-state index in [1.54, 1.807) is 24.3 Å². The van der Waals surface area contributed by atoms with Crippen molar-refractivity contribution in [3.05, 3.63) is 66.0 Å². The molecule has 0 radical (unpaired) electrons. The Kier molecular flexibility index (Phi) is 4.44. The molecule has 1 aliphatic heterocycles. The van der Waals surface area contributed by atoms with Crippen LogP contribution in [-0.4, -0.2) is 31.3 Å². The number of anilines is 1. The van der Waals surface area contributed by atoms with Crippen molar-refractivity contribution >= 4 is 23.3 Å². The number of carbonyl (C=O) groups excluding carboxylic acids is 3. The van der Waals surface area contributed by atoms with Crippen LogP contribution in [0.15, 0.2) is 54.6 Å². The molecule has 7 heteroatoms. The topological polar surface area (TPSA) is 72.9 Å². The highest BCUT2D eigenvalue weighted by molar-refractivity contribution is 6.22. The molecular formula is C26H22FNO5. The van der Waals surface area contributed by atoms with Crippen LogP contribution in [0.25, 0.3) is 0 Å². The van der Waals surface area contributed by atoms with Gasteiger partial charge in [-0.25, -0.2) is 9.29 Å². The number of ketones is 1. The maximum Gasteiger partial charge on any atom is 0.238 e. The first-order valence-corrected chi connectivity index (χ1v) is 11.1. The van der Waals surface area contributed by atoms with Crippen molar-refractivity contribution in [3.63, 3.8) is 0 Å². The third-order valence-electron chi connectivity index (χ3n) is 7.61. The average molecular weight is 447 g/mol. The minimum Gasteiger partial charge on any atom is -0.497 e. The van der Waals surface area contributed by atoms with Gasteiger partial charge in [-0.15, -0.1) is 0 Å². The highest BCUT2D eigenvalue weighted by Gasteiger charge is 2.67. The van der Waals surface area contributed by atoms with E-state index < -0.39 is 5.82 Å². The van der Waals surface area contributed by atoms with E-state index in [1.807, 2.05) is 0 Å². The number of imide groups is 1. The molecule has 5 aliphatic rings. The van der Waals surface area contributed by atoms with Crippen LogP contribution >= 0.6 is 0 Å². The van der Waals surface area contributed by atoms with E-state index in [9.17, 15) is 18.8 Å². The molecule has 0 N–H and O–H groups in total. The minimum atomic E-state index is -0.727. The molecule has 2 saturated carbocycles. The molecule has 4 aliphatic carbocycles. The van der Waals surface area contributed by atoms with E-state index >= 15 is 0 Å². The minimum absolute atomic E-state index is 0.111. The summed E-state index contributed by atoms with van der Waals surface area (Å²) in [5.41, 5.74) is 0.629. The average Bonchev–Trinajstić information content (AvgIpc) is 3.61. The van der Waals surface area contributed by atoms with Gasteiger partial charge in [0.2, 0.25) is 11.8 Å². The quantitative estimate of drug-likeness (QED) is 0.384. The summed E-state index contributed by atoms with van der Waals surface area (Å²) in [5.74, 6) is -0.426. The van der Waals surface area contributed by atoms with E-state index in [1.165, 1.54) is 19.2 Å². The number of Topliss-reactive ketones (excluding diaryl/α,β-unsaturated/α-hetero) is 1. The molecule has 1 heterocycles. The van der Waals surface area contributed by atoms with E-state index in [0.717, 1.165) is 17.4 Å². The highest BCUT2D eigenvalue weighted by Crippen LogP contribution is 2.65. The third kappa shape index (κ3) is 3.02. The van der Waals surface area contributed by atoms with Crippen molar-refractivity contribution in [2.45, 2.75) is 6.42 Å². The normalized spacial score (nSPS) is 30.8. The third-order valence-corrected chi connectivity index (χ3v) is 7.61. The number of methoxy groups -OCH3 is 1. The van der Waals surface area contributed by atoms with Crippen LogP contribution in [0.1, 0.15) is 16.8 Å². The number of nitrogens with zero attached hydrogens (tertiary/aromatic N) is 1. The monoisotopic (exact) mass is 447 g/mol. The second-order valence-electron chi connectivity index (χ2n) is 9.22. The van der Waals surface area contributed by atoms with Crippen molar-refractivity contribution in [2.75, 3.05) is 18.6 Å². The number of hydrogen-bond acceptors (Lipinski definition) is 5. The Labute approximate surface area is 190 Å². The number of benzene rings is 2. The Morgan fingerprint density at radius 1 is 1.00 bits per heavy atom. The Morgan fingerprint density at radius 3 is 2.21 bits per heavy atom. The predicted octanol–water partition coefficient (Wildman–Crippen LogP) is 3.65. The largest absolute Gasteiger partial charge is 0.497 e. The Hall–Kier alpha value is -3.48. The molecule has 7 rings (SSSR count). The van der Waals surface area contributed by atoms with Gasteiger partial charge < -0.3 is 9.47 Å². The highest BCUT2D eigenvalue weighted by atomic mass is 19.1. The van der Waals surface area contributed by atoms with Crippen LogP contribution in [0.4, 0.5) is 10.1 Å². The summed E-state index contributed by atoms with van der Waals surface area (Å²) in [5, 5.41) is 0. The molecule has 3 fully saturated rings. The van der Waals surface area contributed by atoms with Gasteiger partial charge >= 0.3 is 0 Å². The number of carbonyl (C=O) groups is 3. The molecule has 0 aromatic heterocycles. The lowest BCUT2D eigenvalue weighted by molar-refractivity contribution is -0.124. The fraction of sp³-hybridized carbons (Fsp3) is 0.346. The van der Waals surface area contributed by atoms with E-state index in [4.69, 9.17) is 9.47 Å². The number of amides is 2. The Balaban J connectivity index is 1.17. The van der Waals surface area contributed by atoms with Crippen LogP contribution < -0.4 is 14.4 Å². The molecule has 2 amide bonds. The number of rotatable bonds is 6. The molecule has 2 aromatic rings. The van der Waals surface area contributed by atoms with E-state index in [-0.39, 0.29) is 59.3 Å². The Bertz CT molecular complexity index is 1170. The zero-order valence-electron chi connectivity index (χ0n) is 17.9. The number of halogens is 1. The van der Waals surface area contributed by atoms with Crippen molar-refractivity contribution in [2.24, 2.45) is 35.5 Å². The number of hydrogen-bond donors (Lipinski definition) is 0. The predicted molar refractivity (Wildman–Crippen MR) is 116 cm³/mol.